The summed E-state index contributed by atoms with van der Waals surface area (Å²) in [4.78, 5) is 34.1. The Morgan fingerprint density at radius 3 is 2.67 bits per heavy atom. The fourth-order valence-electron chi connectivity index (χ4n) is 2.54. The number of thioether (sulfide) groups is 1. The highest BCUT2D eigenvalue weighted by atomic mass is 32.2. The molecule has 0 fully saturated rings. The van der Waals surface area contributed by atoms with Gasteiger partial charge in [0.15, 0.2) is 0 Å². The zero-order valence-electron chi connectivity index (χ0n) is 15.8. The van der Waals surface area contributed by atoms with Crippen LogP contribution in [0.4, 0.5) is 5.69 Å². The van der Waals surface area contributed by atoms with Crippen LogP contribution in [-0.2, 0) is 10.5 Å². The van der Waals surface area contributed by atoms with Crippen molar-refractivity contribution in [3.63, 3.8) is 0 Å². The van der Waals surface area contributed by atoms with Crippen molar-refractivity contribution in [2.45, 2.75) is 44.4 Å². The molecule has 1 amide bonds. The van der Waals surface area contributed by atoms with E-state index in [-0.39, 0.29) is 23.4 Å². The quantitative estimate of drug-likeness (QED) is 0.658. The Balaban J connectivity index is 1.82. The van der Waals surface area contributed by atoms with Crippen molar-refractivity contribution < 1.29 is 4.79 Å². The number of hydrogen-bond acceptors (Lipinski definition) is 5. The van der Waals surface area contributed by atoms with Gasteiger partial charge in [0.2, 0.25) is 5.91 Å². The van der Waals surface area contributed by atoms with Crippen molar-refractivity contribution in [1.29, 1.82) is 0 Å². The molecule has 2 heterocycles. The van der Waals surface area contributed by atoms with Gasteiger partial charge in [0.05, 0.1) is 11.4 Å². The smallest absolute Gasteiger partial charge is 0.274 e. The highest BCUT2D eigenvalue weighted by molar-refractivity contribution is 7.98. The molecule has 1 aromatic carbocycles. The molecule has 0 aliphatic heterocycles. The zero-order valence-corrected chi connectivity index (χ0v) is 16.7. The first-order valence-corrected chi connectivity index (χ1v) is 9.84. The summed E-state index contributed by atoms with van der Waals surface area (Å²) in [5.41, 5.74) is 1.27. The number of carbonyl (C=O) groups is 1. The maximum absolute atomic E-state index is 12.5. The van der Waals surface area contributed by atoms with Crippen molar-refractivity contribution in [1.82, 2.24) is 19.2 Å². The van der Waals surface area contributed by atoms with Gasteiger partial charge in [-0.05, 0) is 26.0 Å². The lowest BCUT2D eigenvalue weighted by molar-refractivity contribution is -0.118. The van der Waals surface area contributed by atoms with Crippen LogP contribution < -0.4 is 10.9 Å². The highest BCUT2D eigenvalue weighted by Crippen LogP contribution is 2.29. The predicted molar refractivity (Wildman–Crippen MR) is 107 cm³/mol. The van der Waals surface area contributed by atoms with Crippen LogP contribution in [0, 0.1) is 5.92 Å². The van der Waals surface area contributed by atoms with Gasteiger partial charge in [0, 0.05) is 28.7 Å². The number of para-hydroxylation sites is 1. The highest BCUT2D eigenvalue weighted by Gasteiger charge is 2.13. The lowest BCUT2D eigenvalue weighted by Gasteiger charge is -2.12. The van der Waals surface area contributed by atoms with Crippen molar-refractivity contribution in [3.05, 3.63) is 52.7 Å². The van der Waals surface area contributed by atoms with Crippen LogP contribution in [0.3, 0.4) is 0 Å². The molecule has 1 N–H and O–H groups in total. The molecule has 8 heteroatoms. The normalized spacial score (nSPS) is 11.5. The van der Waals surface area contributed by atoms with Crippen LogP contribution in [0.25, 0.3) is 5.78 Å². The average molecular weight is 385 g/mol. The predicted octanol–water partition coefficient (Wildman–Crippen LogP) is 3.36. The Hall–Kier alpha value is -2.61. The Kier molecular flexibility index (Phi) is 5.65. The summed E-state index contributed by atoms with van der Waals surface area (Å²) < 4.78 is 3.24. The third kappa shape index (κ3) is 4.21. The lowest BCUT2D eigenvalue weighted by Crippen LogP contribution is -2.22. The number of fused-ring (bicyclic) bond motifs is 1. The summed E-state index contributed by atoms with van der Waals surface area (Å²) in [5.74, 6) is 0.783. The van der Waals surface area contributed by atoms with Gasteiger partial charge >= 0.3 is 0 Å². The zero-order chi connectivity index (χ0) is 19.6. The third-order valence-corrected chi connectivity index (χ3v) is 5.14. The number of carbonyl (C=O) groups excluding carboxylic acids is 1. The third-order valence-electron chi connectivity index (χ3n) is 4.03. The van der Waals surface area contributed by atoms with E-state index >= 15 is 0 Å². The van der Waals surface area contributed by atoms with Gasteiger partial charge in [0.1, 0.15) is 6.33 Å². The molecule has 0 bridgehead atoms. The van der Waals surface area contributed by atoms with Crippen LogP contribution in [0.15, 0.2) is 46.3 Å². The van der Waals surface area contributed by atoms with E-state index in [9.17, 15) is 9.59 Å². The van der Waals surface area contributed by atoms with Gasteiger partial charge in [-0.3, -0.25) is 14.3 Å². The minimum Gasteiger partial charge on any atom is -0.325 e. The molecule has 0 saturated carbocycles. The number of rotatable bonds is 6. The molecule has 0 unspecified atom stereocenters. The molecule has 7 nitrogen and oxygen atoms in total. The lowest BCUT2D eigenvalue weighted by atomic mass is 10.2. The van der Waals surface area contributed by atoms with Crippen molar-refractivity contribution in [2.24, 2.45) is 5.92 Å². The molecule has 142 valence electrons. The van der Waals surface area contributed by atoms with E-state index in [0.717, 1.165) is 10.6 Å². The number of nitrogens with zero attached hydrogens (tertiary/aromatic N) is 4. The monoisotopic (exact) mass is 385 g/mol. The maximum atomic E-state index is 12.5. The number of hydrogen-bond donors (Lipinski definition) is 1. The molecule has 0 radical (unpaired) electrons. The number of amides is 1. The van der Waals surface area contributed by atoms with Gasteiger partial charge < -0.3 is 5.32 Å². The molecule has 3 aromatic rings. The number of aromatic nitrogens is 4. The van der Waals surface area contributed by atoms with Crippen LogP contribution in [-0.4, -0.2) is 25.1 Å². The summed E-state index contributed by atoms with van der Waals surface area (Å²) in [7, 11) is 0. The van der Waals surface area contributed by atoms with E-state index in [2.05, 4.69) is 15.3 Å². The number of benzene rings is 1. The Morgan fingerprint density at radius 2 is 1.96 bits per heavy atom. The minimum atomic E-state index is -0.150. The topological polar surface area (TPSA) is 81.3 Å². The van der Waals surface area contributed by atoms with E-state index in [1.807, 2.05) is 52.0 Å². The number of nitrogens with one attached hydrogen (secondary N) is 1. The summed E-state index contributed by atoms with van der Waals surface area (Å²) in [6.07, 6.45) is 1.63. The molecule has 27 heavy (non-hydrogen) atoms. The summed E-state index contributed by atoms with van der Waals surface area (Å²) in [5, 5.41) is 2.94. The average Bonchev–Trinajstić information content (AvgIpc) is 3.05. The first kappa shape index (κ1) is 19.2. The van der Waals surface area contributed by atoms with Crippen LogP contribution in [0.1, 0.15) is 39.4 Å². The standard InChI is InChI=1S/C19H23N5O2S/c1-12(2)18(26)22-15-7-5-6-8-16(15)27-10-14-9-17(25)24-19(21-14)20-11-23(24)13(3)4/h5-9,11-13H,10H2,1-4H3,(H,22,26). The van der Waals surface area contributed by atoms with Crippen molar-refractivity contribution in [3.8, 4) is 0 Å². The first-order valence-electron chi connectivity index (χ1n) is 8.85. The van der Waals surface area contributed by atoms with E-state index in [1.165, 1.54) is 22.3 Å². The molecule has 0 aliphatic rings. The molecular formula is C19H23N5O2S. The molecular weight excluding hydrogens is 362 g/mol. The number of anilines is 1. The Labute approximate surface area is 161 Å². The van der Waals surface area contributed by atoms with Gasteiger partial charge in [-0.1, -0.05) is 26.0 Å². The fraction of sp³-hybridized carbons (Fsp3) is 0.368. The SMILES string of the molecule is CC(C)C(=O)Nc1ccccc1SCc1cc(=O)n2c(ncn2C(C)C)n1. The Morgan fingerprint density at radius 1 is 1.22 bits per heavy atom. The summed E-state index contributed by atoms with van der Waals surface area (Å²) >= 11 is 1.52. The van der Waals surface area contributed by atoms with E-state index in [4.69, 9.17) is 0 Å². The second-order valence-corrected chi connectivity index (χ2v) is 7.86. The second kappa shape index (κ2) is 7.96. The van der Waals surface area contributed by atoms with Crippen molar-refractivity contribution >= 4 is 29.1 Å². The van der Waals surface area contributed by atoms with Gasteiger partial charge in [0.25, 0.3) is 11.3 Å². The van der Waals surface area contributed by atoms with Gasteiger partial charge in [-0.25, -0.2) is 4.98 Å². The van der Waals surface area contributed by atoms with E-state index in [1.54, 1.807) is 11.0 Å². The molecule has 2 aromatic heterocycles. The molecule has 0 spiro atoms. The first-order chi connectivity index (χ1) is 12.9. The summed E-state index contributed by atoms with van der Waals surface area (Å²) in [6, 6.07) is 9.28. The molecule has 0 saturated heterocycles. The summed E-state index contributed by atoms with van der Waals surface area (Å²) in [6.45, 7) is 7.68. The van der Waals surface area contributed by atoms with Crippen molar-refractivity contribution in [2.75, 3.05) is 5.32 Å². The van der Waals surface area contributed by atoms with Crippen LogP contribution in [0.5, 0.6) is 0 Å². The van der Waals surface area contributed by atoms with E-state index in [0.29, 0.717) is 17.2 Å². The largest absolute Gasteiger partial charge is 0.325 e. The van der Waals surface area contributed by atoms with Gasteiger partial charge in [-0.2, -0.15) is 9.50 Å². The van der Waals surface area contributed by atoms with Gasteiger partial charge in [-0.15, -0.1) is 11.8 Å². The Bertz CT molecular complexity index is 1020. The fourth-order valence-corrected chi connectivity index (χ4v) is 3.44. The van der Waals surface area contributed by atoms with Crippen LogP contribution >= 0.6 is 11.8 Å². The molecule has 0 atom stereocenters. The van der Waals surface area contributed by atoms with E-state index < -0.39 is 0 Å². The minimum absolute atomic E-state index is 0.0277. The maximum Gasteiger partial charge on any atom is 0.274 e. The second-order valence-electron chi connectivity index (χ2n) is 6.84. The molecule has 0 aliphatic carbocycles. The molecule has 3 rings (SSSR count). The van der Waals surface area contributed by atoms with Crippen LogP contribution in [0.2, 0.25) is 0 Å².